The molecule has 1 saturated carbocycles. The topological polar surface area (TPSA) is 12.5 Å². The highest BCUT2D eigenvalue weighted by Gasteiger charge is 2.39. The second-order valence-electron chi connectivity index (χ2n) is 5.78. The van der Waals surface area contributed by atoms with Crippen molar-refractivity contribution in [3.05, 3.63) is 35.4 Å². The molecule has 0 amide bonds. The Morgan fingerprint density at radius 2 is 2.00 bits per heavy atom. The van der Waals surface area contributed by atoms with Gasteiger partial charge in [-0.25, -0.2) is 0 Å². The van der Waals surface area contributed by atoms with E-state index in [9.17, 15) is 0 Å². The molecule has 0 spiro atoms. The van der Waals surface area contributed by atoms with E-state index in [0.717, 1.165) is 31.6 Å². The van der Waals surface area contributed by atoms with Crippen LogP contribution in [0, 0.1) is 12.8 Å². The molecule has 0 N–H and O–H groups in total. The van der Waals surface area contributed by atoms with Crippen molar-refractivity contribution in [2.75, 3.05) is 32.8 Å². The molecule has 1 aromatic carbocycles. The summed E-state index contributed by atoms with van der Waals surface area (Å²) < 4.78 is 5.51. The van der Waals surface area contributed by atoms with Gasteiger partial charge in [0.25, 0.3) is 0 Å². The van der Waals surface area contributed by atoms with Crippen LogP contribution in [0.1, 0.15) is 29.9 Å². The SMILES string of the molecule is Cc1ccc(C2CC2CN2CCCOCC2)cc1. The fraction of sp³-hybridized carbons (Fsp3) is 0.625. The van der Waals surface area contributed by atoms with Gasteiger partial charge in [0.05, 0.1) is 6.61 Å². The maximum absolute atomic E-state index is 5.51. The minimum absolute atomic E-state index is 0.815. The Bertz CT molecular complexity index is 379. The fourth-order valence-corrected chi connectivity index (χ4v) is 2.98. The molecule has 1 heterocycles. The smallest absolute Gasteiger partial charge is 0.0593 e. The molecule has 2 atom stereocenters. The van der Waals surface area contributed by atoms with Crippen LogP contribution in [0.15, 0.2) is 24.3 Å². The van der Waals surface area contributed by atoms with E-state index >= 15 is 0 Å². The molecule has 2 nitrogen and oxygen atoms in total. The first kappa shape index (κ1) is 12.2. The summed E-state index contributed by atoms with van der Waals surface area (Å²) in [7, 11) is 0. The molecule has 1 aliphatic carbocycles. The molecular weight excluding hydrogens is 222 g/mol. The van der Waals surface area contributed by atoms with E-state index in [1.54, 1.807) is 0 Å². The van der Waals surface area contributed by atoms with Crippen molar-refractivity contribution in [1.82, 2.24) is 4.90 Å². The van der Waals surface area contributed by atoms with Crippen LogP contribution in [-0.2, 0) is 4.74 Å². The lowest BCUT2D eigenvalue weighted by Gasteiger charge is -2.18. The van der Waals surface area contributed by atoms with Crippen molar-refractivity contribution in [2.24, 2.45) is 5.92 Å². The maximum atomic E-state index is 5.51. The minimum atomic E-state index is 0.815. The molecule has 2 unspecified atom stereocenters. The second-order valence-corrected chi connectivity index (χ2v) is 5.78. The van der Waals surface area contributed by atoms with E-state index in [2.05, 4.69) is 36.1 Å². The largest absolute Gasteiger partial charge is 0.380 e. The molecular formula is C16H23NO. The quantitative estimate of drug-likeness (QED) is 0.812. The van der Waals surface area contributed by atoms with Crippen LogP contribution in [0.25, 0.3) is 0 Å². The molecule has 1 saturated heterocycles. The van der Waals surface area contributed by atoms with Crippen molar-refractivity contribution >= 4 is 0 Å². The van der Waals surface area contributed by atoms with E-state index in [4.69, 9.17) is 4.74 Å². The third-order valence-electron chi connectivity index (χ3n) is 4.24. The first-order chi connectivity index (χ1) is 8.83. The first-order valence-corrected chi connectivity index (χ1v) is 7.19. The van der Waals surface area contributed by atoms with Crippen molar-refractivity contribution in [3.8, 4) is 0 Å². The van der Waals surface area contributed by atoms with Gasteiger partial charge in [0, 0.05) is 26.2 Å². The molecule has 2 fully saturated rings. The van der Waals surface area contributed by atoms with Gasteiger partial charge in [-0.2, -0.15) is 0 Å². The monoisotopic (exact) mass is 245 g/mol. The predicted octanol–water partition coefficient (Wildman–Crippen LogP) is 2.82. The van der Waals surface area contributed by atoms with E-state index in [1.807, 2.05) is 0 Å². The fourth-order valence-electron chi connectivity index (χ4n) is 2.98. The average Bonchev–Trinajstić information content (AvgIpc) is 3.16. The zero-order chi connectivity index (χ0) is 12.4. The van der Waals surface area contributed by atoms with Crippen LogP contribution in [-0.4, -0.2) is 37.7 Å². The van der Waals surface area contributed by atoms with Crippen LogP contribution >= 0.6 is 0 Å². The Labute approximate surface area is 110 Å². The zero-order valence-electron chi connectivity index (χ0n) is 11.3. The molecule has 1 aliphatic heterocycles. The van der Waals surface area contributed by atoms with Gasteiger partial charge in [-0.1, -0.05) is 29.8 Å². The summed E-state index contributed by atoms with van der Waals surface area (Å²) >= 11 is 0. The average molecular weight is 245 g/mol. The van der Waals surface area contributed by atoms with Crippen LogP contribution in [0.5, 0.6) is 0 Å². The Morgan fingerprint density at radius 3 is 2.83 bits per heavy atom. The lowest BCUT2D eigenvalue weighted by atomic mass is 10.1. The van der Waals surface area contributed by atoms with E-state index in [0.29, 0.717) is 0 Å². The number of aryl methyl sites for hydroxylation is 1. The summed E-state index contributed by atoms with van der Waals surface area (Å²) in [5, 5.41) is 0. The molecule has 3 rings (SSSR count). The molecule has 0 radical (unpaired) electrons. The Kier molecular flexibility index (Phi) is 3.67. The molecule has 2 heteroatoms. The van der Waals surface area contributed by atoms with Crippen LogP contribution in [0.4, 0.5) is 0 Å². The Morgan fingerprint density at radius 1 is 1.17 bits per heavy atom. The molecule has 98 valence electrons. The summed E-state index contributed by atoms with van der Waals surface area (Å²) in [6, 6.07) is 9.10. The molecule has 2 aliphatic rings. The van der Waals surface area contributed by atoms with Crippen molar-refractivity contribution in [3.63, 3.8) is 0 Å². The normalized spacial score (nSPS) is 28.9. The van der Waals surface area contributed by atoms with E-state index in [-0.39, 0.29) is 0 Å². The summed E-state index contributed by atoms with van der Waals surface area (Å²) in [4.78, 5) is 2.59. The van der Waals surface area contributed by atoms with Crippen molar-refractivity contribution in [2.45, 2.75) is 25.7 Å². The van der Waals surface area contributed by atoms with Crippen LogP contribution < -0.4 is 0 Å². The predicted molar refractivity (Wildman–Crippen MR) is 73.9 cm³/mol. The van der Waals surface area contributed by atoms with Gasteiger partial charge in [0.15, 0.2) is 0 Å². The van der Waals surface area contributed by atoms with Gasteiger partial charge in [0.1, 0.15) is 0 Å². The molecule has 1 aromatic rings. The third-order valence-corrected chi connectivity index (χ3v) is 4.24. The number of rotatable bonds is 3. The van der Waals surface area contributed by atoms with Gasteiger partial charge >= 0.3 is 0 Å². The standard InChI is InChI=1S/C16H23NO/c1-13-3-5-14(6-4-13)16-11-15(16)12-17-7-2-9-18-10-8-17/h3-6,15-16H,2,7-12H2,1H3. The summed E-state index contributed by atoms with van der Waals surface area (Å²) in [5.41, 5.74) is 2.90. The summed E-state index contributed by atoms with van der Waals surface area (Å²) in [6.45, 7) is 7.63. The number of benzene rings is 1. The molecule has 0 aromatic heterocycles. The zero-order valence-corrected chi connectivity index (χ0v) is 11.3. The number of nitrogens with zero attached hydrogens (tertiary/aromatic N) is 1. The first-order valence-electron chi connectivity index (χ1n) is 7.19. The van der Waals surface area contributed by atoms with E-state index < -0.39 is 0 Å². The lowest BCUT2D eigenvalue weighted by molar-refractivity contribution is 0.140. The number of hydrogen-bond donors (Lipinski definition) is 0. The highest BCUT2D eigenvalue weighted by atomic mass is 16.5. The highest BCUT2D eigenvalue weighted by Crippen LogP contribution is 2.47. The second kappa shape index (κ2) is 5.41. The van der Waals surface area contributed by atoms with Crippen LogP contribution in [0.2, 0.25) is 0 Å². The maximum Gasteiger partial charge on any atom is 0.0593 e. The summed E-state index contributed by atoms with van der Waals surface area (Å²) in [5.74, 6) is 1.69. The lowest BCUT2D eigenvalue weighted by Crippen LogP contribution is -2.28. The summed E-state index contributed by atoms with van der Waals surface area (Å²) in [6.07, 6.45) is 2.57. The number of hydrogen-bond acceptors (Lipinski definition) is 2. The third kappa shape index (κ3) is 2.93. The Balaban J connectivity index is 1.52. The van der Waals surface area contributed by atoms with Gasteiger partial charge in [-0.15, -0.1) is 0 Å². The van der Waals surface area contributed by atoms with Gasteiger partial charge < -0.3 is 9.64 Å². The van der Waals surface area contributed by atoms with Gasteiger partial charge in [0.2, 0.25) is 0 Å². The number of ether oxygens (including phenoxy) is 1. The van der Waals surface area contributed by atoms with Gasteiger partial charge in [-0.3, -0.25) is 0 Å². The molecule has 0 bridgehead atoms. The van der Waals surface area contributed by atoms with Crippen molar-refractivity contribution in [1.29, 1.82) is 0 Å². The van der Waals surface area contributed by atoms with E-state index in [1.165, 1.54) is 37.1 Å². The minimum Gasteiger partial charge on any atom is -0.380 e. The Hall–Kier alpha value is -0.860. The highest BCUT2D eigenvalue weighted by molar-refractivity contribution is 5.29. The van der Waals surface area contributed by atoms with Gasteiger partial charge in [-0.05, 0) is 37.2 Å². The van der Waals surface area contributed by atoms with Crippen molar-refractivity contribution < 1.29 is 4.74 Å². The van der Waals surface area contributed by atoms with Crippen LogP contribution in [0.3, 0.4) is 0 Å². The molecule has 18 heavy (non-hydrogen) atoms.